The first-order chi connectivity index (χ1) is 10.6. The lowest BCUT2D eigenvalue weighted by molar-refractivity contribution is 0.405. The minimum absolute atomic E-state index is 0.761. The molecule has 2 aromatic rings. The van der Waals surface area contributed by atoms with E-state index in [-0.39, 0.29) is 0 Å². The Morgan fingerprint density at radius 1 is 1.00 bits per heavy atom. The van der Waals surface area contributed by atoms with E-state index in [2.05, 4.69) is 70.8 Å². The molecule has 0 aliphatic carbocycles. The van der Waals surface area contributed by atoms with Crippen molar-refractivity contribution in [1.82, 2.24) is 14.9 Å². The molecule has 0 aliphatic heterocycles. The van der Waals surface area contributed by atoms with Gasteiger partial charge in [0.25, 0.3) is 0 Å². The predicted molar refractivity (Wildman–Crippen MR) is 92.2 cm³/mol. The van der Waals surface area contributed by atoms with Crippen LogP contribution < -0.4 is 10.6 Å². The third-order valence-corrected chi connectivity index (χ3v) is 3.35. The molecule has 5 heteroatoms. The van der Waals surface area contributed by atoms with E-state index >= 15 is 0 Å². The number of nitrogens with one attached hydrogen (secondary N) is 2. The molecule has 5 nitrogen and oxygen atoms in total. The van der Waals surface area contributed by atoms with E-state index in [1.54, 1.807) is 6.33 Å². The van der Waals surface area contributed by atoms with Crippen molar-refractivity contribution in [3.63, 3.8) is 0 Å². The number of anilines is 2. The molecule has 118 valence electrons. The Morgan fingerprint density at radius 3 is 2.36 bits per heavy atom. The average molecular weight is 299 g/mol. The van der Waals surface area contributed by atoms with Gasteiger partial charge in [-0.25, -0.2) is 9.97 Å². The molecule has 0 aliphatic rings. The maximum Gasteiger partial charge on any atom is 0.131 e. The zero-order chi connectivity index (χ0) is 15.8. The third-order valence-electron chi connectivity index (χ3n) is 3.35. The van der Waals surface area contributed by atoms with Gasteiger partial charge in [-0.3, -0.25) is 0 Å². The Hall–Kier alpha value is -2.14. The summed E-state index contributed by atoms with van der Waals surface area (Å²) in [5.74, 6) is 1.70. The standard InChI is InChI=1S/C17H25N5/c1-14-5-7-15(8-6-14)12-19-17-11-16(20-13-21-17)18-9-4-10-22(2)3/h5-8,11,13H,4,9-10,12H2,1-3H3,(H2,18,19,20,21). The SMILES string of the molecule is Cc1ccc(CNc2cc(NCCCN(C)C)ncn2)cc1. The average Bonchev–Trinajstić information content (AvgIpc) is 2.51. The number of aryl methyl sites for hydroxylation is 1. The zero-order valence-electron chi connectivity index (χ0n) is 13.6. The lowest BCUT2D eigenvalue weighted by Crippen LogP contribution is -2.16. The summed E-state index contributed by atoms with van der Waals surface area (Å²) in [7, 11) is 4.16. The first-order valence-electron chi connectivity index (χ1n) is 7.63. The molecule has 0 radical (unpaired) electrons. The van der Waals surface area contributed by atoms with Crippen LogP contribution >= 0.6 is 0 Å². The molecule has 0 unspecified atom stereocenters. The van der Waals surface area contributed by atoms with Crippen LogP contribution in [0.4, 0.5) is 11.6 Å². The van der Waals surface area contributed by atoms with Crippen molar-refractivity contribution in [2.45, 2.75) is 19.9 Å². The fourth-order valence-electron chi connectivity index (χ4n) is 2.06. The summed E-state index contributed by atoms with van der Waals surface area (Å²) < 4.78 is 0. The summed E-state index contributed by atoms with van der Waals surface area (Å²) >= 11 is 0. The molecule has 0 saturated carbocycles. The lowest BCUT2D eigenvalue weighted by atomic mass is 10.1. The monoisotopic (exact) mass is 299 g/mol. The van der Waals surface area contributed by atoms with Gasteiger partial charge in [0.15, 0.2) is 0 Å². The van der Waals surface area contributed by atoms with Crippen molar-refractivity contribution in [2.75, 3.05) is 37.8 Å². The van der Waals surface area contributed by atoms with Gasteiger partial charge in [-0.05, 0) is 39.5 Å². The molecular formula is C17H25N5. The van der Waals surface area contributed by atoms with Gasteiger partial charge in [0.1, 0.15) is 18.0 Å². The molecular weight excluding hydrogens is 274 g/mol. The van der Waals surface area contributed by atoms with Crippen molar-refractivity contribution in [3.05, 3.63) is 47.8 Å². The number of aromatic nitrogens is 2. The van der Waals surface area contributed by atoms with Gasteiger partial charge in [0.2, 0.25) is 0 Å². The van der Waals surface area contributed by atoms with E-state index in [0.29, 0.717) is 0 Å². The minimum Gasteiger partial charge on any atom is -0.370 e. The molecule has 1 aromatic heterocycles. The molecule has 22 heavy (non-hydrogen) atoms. The van der Waals surface area contributed by atoms with Crippen molar-refractivity contribution < 1.29 is 0 Å². The largest absolute Gasteiger partial charge is 0.370 e. The van der Waals surface area contributed by atoms with Gasteiger partial charge in [0, 0.05) is 19.2 Å². The van der Waals surface area contributed by atoms with Crippen LogP contribution in [0.25, 0.3) is 0 Å². The van der Waals surface area contributed by atoms with Crippen LogP contribution in [0.3, 0.4) is 0 Å². The number of hydrogen-bond donors (Lipinski definition) is 2. The maximum atomic E-state index is 4.26. The normalized spacial score (nSPS) is 10.7. The maximum absolute atomic E-state index is 4.26. The number of hydrogen-bond acceptors (Lipinski definition) is 5. The summed E-state index contributed by atoms with van der Waals surface area (Å²) in [6.07, 6.45) is 2.68. The van der Waals surface area contributed by atoms with E-state index in [9.17, 15) is 0 Å². The highest BCUT2D eigenvalue weighted by Gasteiger charge is 1.99. The molecule has 0 spiro atoms. The van der Waals surface area contributed by atoms with Crippen LogP contribution in [0.15, 0.2) is 36.7 Å². The quantitative estimate of drug-likeness (QED) is 0.734. The summed E-state index contributed by atoms with van der Waals surface area (Å²) in [5.41, 5.74) is 2.51. The molecule has 1 heterocycles. The smallest absolute Gasteiger partial charge is 0.131 e. The highest BCUT2D eigenvalue weighted by atomic mass is 15.1. The zero-order valence-corrected chi connectivity index (χ0v) is 13.6. The highest BCUT2D eigenvalue weighted by Crippen LogP contribution is 2.11. The number of rotatable bonds is 8. The molecule has 0 atom stereocenters. The van der Waals surface area contributed by atoms with Gasteiger partial charge in [-0.1, -0.05) is 29.8 Å². The molecule has 1 aromatic carbocycles. The summed E-state index contributed by atoms with van der Waals surface area (Å²) in [5, 5.41) is 6.66. The van der Waals surface area contributed by atoms with Crippen LogP contribution in [0.1, 0.15) is 17.5 Å². The van der Waals surface area contributed by atoms with Crippen LogP contribution in [0, 0.1) is 6.92 Å². The summed E-state index contributed by atoms with van der Waals surface area (Å²) in [6, 6.07) is 10.4. The van der Waals surface area contributed by atoms with Gasteiger partial charge in [-0.15, -0.1) is 0 Å². The van der Waals surface area contributed by atoms with E-state index < -0.39 is 0 Å². The second-order valence-electron chi connectivity index (χ2n) is 5.71. The van der Waals surface area contributed by atoms with E-state index in [0.717, 1.165) is 37.7 Å². The topological polar surface area (TPSA) is 53.1 Å². The first kappa shape index (κ1) is 16.2. The second-order valence-corrected chi connectivity index (χ2v) is 5.71. The Bertz CT molecular complexity index is 566. The van der Waals surface area contributed by atoms with Crippen molar-refractivity contribution in [3.8, 4) is 0 Å². The van der Waals surface area contributed by atoms with Crippen LogP contribution in [0.2, 0.25) is 0 Å². The van der Waals surface area contributed by atoms with Crippen molar-refractivity contribution in [1.29, 1.82) is 0 Å². The Balaban J connectivity index is 1.81. The van der Waals surface area contributed by atoms with Gasteiger partial charge < -0.3 is 15.5 Å². The summed E-state index contributed by atoms with van der Waals surface area (Å²) in [6.45, 7) is 4.83. The molecule has 0 saturated heterocycles. The van der Waals surface area contributed by atoms with Crippen LogP contribution in [-0.4, -0.2) is 42.1 Å². The molecule has 0 fully saturated rings. The lowest BCUT2D eigenvalue weighted by Gasteiger charge is -2.11. The van der Waals surface area contributed by atoms with Gasteiger partial charge >= 0.3 is 0 Å². The van der Waals surface area contributed by atoms with Crippen LogP contribution in [0.5, 0.6) is 0 Å². The Labute approximate surface area is 132 Å². The highest BCUT2D eigenvalue weighted by molar-refractivity contribution is 5.46. The number of nitrogens with zero attached hydrogens (tertiary/aromatic N) is 3. The van der Waals surface area contributed by atoms with E-state index in [4.69, 9.17) is 0 Å². The Kier molecular flexibility index (Phi) is 6.15. The van der Waals surface area contributed by atoms with Crippen molar-refractivity contribution in [2.24, 2.45) is 0 Å². The van der Waals surface area contributed by atoms with Crippen LogP contribution in [-0.2, 0) is 6.54 Å². The third kappa shape index (κ3) is 5.69. The second kappa shape index (κ2) is 8.34. The summed E-state index contributed by atoms with van der Waals surface area (Å²) in [4.78, 5) is 10.7. The first-order valence-corrected chi connectivity index (χ1v) is 7.63. The minimum atomic E-state index is 0.761. The molecule has 2 rings (SSSR count). The van der Waals surface area contributed by atoms with E-state index in [1.807, 2.05) is 6.07 Å². The Morgan fingerprint density at radius 2 is 1.68 bits per heavy atom. The van der Waals surface area contributed by atoms with Gasteiger partial charge in [-0.2, -0.15) is 0 Å². The fourth-order valence-corrected chi connectivity index (χ4v) is 2.06. The molecule has 0 amide bonds. The molecule has 0 bridgehead atoms. The fraction of sp³-hybridized carbons (Fsp3) is 0.412. The molecule has 2 N–H and O–H groups in total. The van der Waals surface area contributed by atoms with Crippen molar-refractivity contribution >= 4 is 11.6 Å². The van der Waals surface area contributed by atoms with E-state index in [1.165, 1.54) is 11.1 Å². The van der Waals surface area contributed by atoms with Gasteiger partial charge in [0.05, 0.1) is 0 Å². The number of benzene rings is 1. The predicted octanol–water partition coefficient (Wildman–Crippen LogP) is 2.76.